The summed E-state index contributed by atoms with van der Waals surface area (Å²) in [6, 6.07) is 14.8. The van der Waals surface area contributed by atoms with Crippen LogP contribution in [-0.4, -0.2) is 55.2 Å². The zero-order chi connectivity index (χ0) is 30.2. The Hall–Kier alpha value is -3.29. The fourth-order valence-electron chi connectivity index (χ4n) is 4.16. The van der Waals surface area contributed by atoms with Gasteiger partial charge in [-0.05, 0) is 48.2 Å². The van der Waals surface area contributed by atoms with Crippen LogP contribution in [0, 0.1) is 0 Å². The molecule has 0 radical (unpaired) electrons. The monoisotopic (exact) mass is 623 g/mol. The second kappa shape index (κ2) is 14.6. The van der Waals surface area contributed by atoms with Gasteiger partial charge in [0, 0.05) is 29.9 Å². The van der Waals surface area contributed by atoms with Gasteiger partial charge in [0.25, 0.3) is 10.1 Å². The predicted molar refractivity (Wildman–Crippen MR) is 154 cm³/mol. The van der Waals surface area contributed by atoms with E-state index < -0.39 is 28.1 Å². The predicted octanol–water partition coefficient (Wildman–Crippen LogP) is 5.10. The van der Waals surface area contributed by atoms with Crippen LogP contribution in [0.3, 0.4) is 0 Å². The van der Waals surface area contributed by atoms with E-state index in [0.29, 0.717) is 41.6 Å². The molecule has 1 aliphatic heterocycles. The molecule has 0 spiro atoms. The van der Waals surface area contributed by atoms with Crippen LogP contribution < -0.4 is 9.47 Å². The number of thiophene rings is 1. The maximum Gasteiger partial charge on any atom is 0.348 e. The molecule has 0 bridgehead atoms. The highest BCUT2D eigenvalue weighted by molar-refractivity contribution is 7.85. The summed E-state index contributed by atoms with van der Waals surface area (Å²) in [5.74, 6) is -1.51. The second-order valence-corrected chi connectivity index (χ2v) is 12.0. The molecular weight excluding hydrogens is 594 g/mol. The fraction of sp³-hybridized carbons (Fsp3) is 0.321. The van der Waals surface area contributed by atoms with Crippen LogP contribution in [0.25, 0.3) is 0 Å². The molecule has 4 rings (SSSR count). The number of ether oxygens (including phenoxy) is 3. The highest BCUT2D eigenvalue weighted by atomic mass is 35.5. The summed E-state index contributed by atoms with van der Waals surface area (Å²) in [6.45, 7) is 4.04. The normalized spacial score (nSPS) is 13.7. The summed E-state index contributed by atoms with van der Waals surface area (Å²) in [5, 5.41) is 0.928. The Morgan fingerprint density at radius 2 is 1.78 bits per heavy atom. The van der Waals surface area contributed by atoms with Crippen LogP contribution in [-0.2, 0) is 37.4 Å². The minimum absolute atomic E-state index is 0.132. The number of rotatable bonds is 8. The number of hydrogen-bond donors (Lipinski definition) is 1. The lowest BCUT2D eigenvalue weighted by atomic mass is 10.0. The SMILES string of the molecule is CCCS(=O)(=O)O.COC(=O)[C@H](c1ccccc1Cl)N1CCc2sc(OC(=O)c3ccccc3OC(C)=O)cc2C1. The third kappa shape index (κ3) is 9.10. The van der Waals surface area contributed by atoms with Gasteiger partial charge < -0.3 is 14.2 Å². The maximum atomic E-state index is 12.8. The second-order valence-electron chi connectivity index (χ2n) is 8.95. The van der Waals surface area contributed by atoms with Crippen LogP contribution in [0.1, 0.15) is 52.7 Å². The van der Waals surface area contributed by atoms with E-state index in [2.05, 4.69) is 0 Å². The summed E-state index contributed by atoms with van der Waals surface area (Å²) in [6.07, 6.45) is 1.15. The number of para-hydroxylation sites is 1. The Labute approximate surface area is 247 Å². The van der Waals surface area contributed by atoms with Gasteiger partial charge in [0.15, 0.2) is 5.06 Å². The molecular formula is C28H30ClNO9S2. The average molecular weight is 624 g/mol. The van der Waals surface area contributed by atoms with Gasteiger partial charge in [-0.2, -0.15) is 8.42 Å². The first kappa shape index (κ1) is 32.2. The van der Waals surface area contributed by atoms with Gasteiger partial charge in [0.1, 0.15) is 17.4 Å². The van der Waals surface area contributed by atoms with E-state index in [1.54, 1.807) is 37.3 Å². The molecule has 10 nitrogen and oxygen atoms in total. The van der Waals surface area contributed by atoms with E-state index in [4.69, 9.17) is 30.4 Å². The summed E-state index contributed by atoms with van der Waals surface area (Å²) in [7, 11) is -2.32. The number of fused-ring (bicyclic) bond motifs is 1. The first-order valence-corrected chi connectivity index (χ1v) is 15.4. The first-order chi connectivity index (χ1) is 19.4. The Balaban J connectivity index is 0.000000587. The minimum Gasteiger partial charge on any atom is -0.468 e. The number of carbonyl (C=O) groups is 3. The van der Waals surface area contributed by atoms with Crippen molar-refractivity contribution >= 4 is 51.0 Å². The summed E-state index contributed by atoms with van der Waals surface area (Å²) in [4.78, 5) is 39.8. The lowest BCUT2D eigenvalue weighted by Crippen LogP contribution is -2.38. The van der Waals surface area contributed by atoms with E-state index in [1.165, 1.54) is 31.4 Å². The van der Waals surface area contributed by atoms with Crippen molar-refractivity contribution in [3.63, 3.8) is 0 Å². The number of benzene rings is 2. The van der Waals surface area contributed by atoms with Crippen molar-refractivity contribution in [1.29, 1.82) is 0 Å². The largest absolute Gasteiger partial charge is 0.468 e. The van der Waals surface area contributed by atoms with E-state index >= 15 is 0 Å². The van der Waals surface area contributed by atoms with E-state index in [9.17, 15) is 22.8 Å². The van der Waals surface area contributed by atoms with Gasteiger partial charge in [-0.15, -0.1) is 11.3 Å². The van der Waals surface area contributed by atoms with Crippen LogP contribution in [0.15, 0.2) is 54.6 Å². The molecule has 13 heteroatoms. The van der Waals surface area contributed by atoms with E-state index in [-0.39, 0.29) is 23.0 Å². The molecule has 0 aliphatic carbocycles. The van der Waals surface area contributed by atoms with Gasteiger partial charge in [0.05, 0.1) is 12.9 Å². The summed E-state index contributed by atoms with van der Waals surface area (Å²) in [5.41, 5.74) is 1.81. The lowest BCUT2D eigenvalue weighted by Gasteiger charge is -2.33. The molecule has 41 heavy (non-hydrogen) atoms. The van der Waals surface area contributed by atoms with Gasteiger partial charge in [-0.1, -0.05) is 48.9 Å². The Bertz CT molecular complexity index is 1500. The lowest BCUT2D eigenvalue weighted by molar-refractivity contribution is -0.147. The first-order valence-electron chi connectivity index (χ1n) is 12.6. The molecule has 2 heterocycles. The van der Waals surface area contributed by atoms with Crippen molar-refractivity contribution in [1.82, 2.24) is 4.90 Å². The topological polar surface area (TPSA) is 137 Å². The number of carbonyl (C=O) groups excluding carboxylic acids is 3. The average Bonchev–Trinajstić information content (AvgIpc) is 3.31. The van der Waals surface area contributed by atoms with E-state index in [1.807, 2.05) is 23.1 Å². The van der Waals surface area contributed by atoms with Crippen LogP contribution in [0.5, 0.6) is 10.8 Å². The van der Waals surface area contributed by atoms with Crippen LogP contribution in [0.4, 0.5) is 0 Å². The molecule has 1 aliphatic rings. The Morgan fingerprint density at radius 1 is 1.10 bits per heavy atom. The van der Waals surface area contributed by atoms with Crippen molar-refractivity contribution in [3.05, 3.63) is 81.2 Å². The minimum atomic E-state index is -3.67. The molecule has 0 saturated carbocycles. The van der Waals surface area contributed by atoms with Crippen molar-refractivity contribution < 1.29 is 41.6 Å². The molecule has 1 atom stereocenters. The maximum absolute atomic E-state index is 12.8. The van der Waals surface area contributed by atoms with Gasteiger partial charge in [0.2, 0.25) is 0 Å². The highest BCUT2D eigenvalue weighted by Gasteiger charge is 2.33. The van der Waals surface area contributed by atoms with Crippen LogP contribution in [0.2, 0.25) is 5.02 Å². The molecule has 3 aromatic rings. The number of esters is 3. The number of halogens is 1. The number of methoxy groups -OCH3 is 1. The molecule has 1 aromatic heterocycles. The Kier molecular flexibility index (Phi) is 11.4. The molecule has 220 valence electrons. The van der Waals surface area contributed by atoms with Gasteiger partial charge in [-0.25, -0.2) is 9.59 Å². The molecule has 2 aromatic carbocycles. The summed E-state index contributed by atoms with van der Waals surface area (Å²) < 4.78 is 43.3. The zero-order valence-corrected chi connectivity index (χ0v) is 25.1. The molecule has 0 fully saturated rings. The highest BCUT2D eigenvalue weighted by Crippen LogP contribution is 2.38. The number of hydrogen-bond acceptors (Lipinski definition) is 10. The smallest absolute Gasteiger partial charge is 0.348 e. The fourth-order valence-corrected chi connectivity index (χ4v) is 5.93. The Morgan fingerprint density at radius 3 is 2.39 bits per heavy atom. The third-order valence-corrected chi connectivity index (χ3v) is 8.26. The molecule has 0 amide bonds. The van der Waals surface area contributed by atoms with E-state index in [0.717, 1.165) is 10.4 Å². The van der Waals surface area contributed by atoms with Crippen LogP contribution >= 0.6 is 22.9 Å². The quantitative estimate of drug-likeness (QED) is 0.205. The number of nitrogens with zero attached hydrogens (tertiary/aromatic N) is 1. The molecule has 1 N–H and O–H groups in total. The van der Waals surface area contributed by atoms with Crippen molar-refractivity contribution in [2.75, 3.05) is 19.4 Å². The van der Waals surface area contributed by atoms with Crippen molar-refractivity contribution in [3.8, 4) is 10.8 Å². The third-order valence-electron chi connectivity index (χ3n) is 5.88. The molecule has 0 unspecified atom stereocenters. The zero-order valence-electron chi connectivity index (χ0n) is 22.7. The van der Waals surface area contributed by atoms with Gasteiger partial charge >= 0.3 is 17.9 Å². The standard InChI is InChI=1S/C25H22ClNO6S.C3H8O3S/c1-15(28)32-20-10-6-4-8-18(20)24(29)33-22-13-16-14-27(12-11-21(16)34-22)23(25(30)31-2)17-7-3-5-9-19(17)26;1-2-3-7(4,5)6/h3-10,13,23H,11-12,14H2,1-2H3;2-3H2,1H3,(H,4,5,6)/t23-;/m0./s1. The summed E-state index contributed by atoms with van der Waals surface area (Å²) >= 11 is 7.77. The van der Waals surface area contributed by atoms with Gasteiger partial charge in [-0.3, -0.25) is 14.2 Å². The molecule has 0 saturated heterocycles. The van der Waals surface area contributed by atoms with Crippen molar-refractivity contribution in [2.24, 2.45) is 0 Å². The van der Waals surface area contributed by atoms with Crippen molar-refractivity contribution in [2.45, 2.75) is 39.3 Å².